The minimum atomic E-state index is 0.632. The van der Waals surface area contributed by atoms with E-state index in [0.717, 1.165) is 24.5 Å². The summed E-state index contributed by atoms with van der Waals surface area (Å²) in [6.07, 6.45) is 1.06. The van der Waals surface area contributed by atoms with Gasteiger partial charge in [0.2, 0.25) is 11.8 Å². The van der Waals surface area contributed by atoms with Gasteiger partial charge in [0.25, 0.3) is 0 Å². The molecule has 0 atom stereocenters. The van der Waals surface area contributed by atoms with Crippen LogP contribution in [0.3, 0.4) is 0 Å². The summed E-state index contributed by atoms with van der Waals surface area (Å²) in [6.45, 7) is 2.61. The fourth-order valence-corrected chi connectivity index (χ4v) is 1.62. The van der Waals surface area contributed by atoms with E-state index in [-0.39, 0.29) is 0 Å². The van der Waals surface area contributed by atoms with Gasteiger partial charge in [0.1, 0.15) is 0 Å². The maximum absolute atomic E-state index is 5.22. The lowest BCUT2D eigenvalue weighted by atomic mass is 10.5. The molecular weight excluding hydrogens is 188 g/mol. The molecule has 0 N–H and O–H groups in total. The molecule has 0 radical (unpaired) electrons. The largest absolute Gasteiger partial charge is 0.425 e. The zero-order valence-electron chi connectivity index (χ0n) is 7.95. The first-order valence-corrected chi connectivity index (χ1v) is 5.34. The van der Waals surface area contributed by atoms with Gasteiger partial charge in [0.05, 0.1) is 5.75 Å². The Kier molecular flexibility index (Phi) is 4.85. The van der Waals surface area contributed by atoms with E-state index in [1.54, 1.807) is 25.8 Å². The van der Waals surface area contributed by atoms with Crippen LogP contribution in [0.4, 0.5) is 0 Å². The molecule has 4 nitrogen and oxygen atoms in total. The number of ether oxygens (including phenoxy) is 1. The molecule has 1 rings (SSSR count). The summed E-state index contributed by atoms with van der Waals surface area (Å²) in [5.41, 5.74) is 0. The molecule has 0 aromatic carbocycles. The van der Waals surface area contributed by atoms with Gasteiger partial charge in [-0.2, -0.15) is 11.8 Å². The highest BCUT2D eigenvalue weighted by molar-refractivity contribution is 7.98. The van der Waals surface area contributed by atoms with Crippen LogP contribution in [0.15, 0.2) is 4.42 Å². The van der Waals surface area contributed by atoms with Gasteiger partial charge in [-0.25, -0.2) is 0 Å². The first-order chi connectivity index (χ1) is 6.33. The third kappa shape index (κ3) is 4.28. The molecule has 0 saturated carbocycles. The highest BCUT2D eigenvalue weighted by atomic mass is 32.2. The Balaban J connectivity index is 2.06. The number of hydrogen-bond acceptors (Lipinski definition) is 5. The van der Waals surface area contributed by atoms with E-state index >= 15 is 0 Å². The highest BCUT2D eigenvalue weighted by Crippen LogP contribution is 2.11. The molecule has 5 heteroatoms. The lowest BCUT2D eigenvalue weighted by molar-refractivity contribution is 0.200. The van der Waals surface area contributed by atoms with Crippen molar-refractivity contribution in [3.05, 3.63) is 11.8 Å². The van der Waals surface area contributed by atoms with E-state index in [0.29, 0.717) is 11.8 Å². The average molecular weight is 202 g/mol. The molecule has 13 heavy (non-hydrogen) atoms. The van der Waals surface area contributed by atoms with Gasteiger partial charge in [-0.05, 0) is 12.2 Å². The molecular formula is C8H14N2O2S. The Morgan fingerprint density at radius 2 is 2.31 bits per heavy atom. The number of aromatic nitrogens is 2. The Hall–Kier alpha value is -0.550. The number of thioether (sulfide) groups is 1. The van der Waals surface area contributed by atoms with Crippen molar-refractivity contribution in [2.24, 2.45) is 0 Å². The van der Waals surface area contributed by atoms with E-state index in [1.165, 1.54) is 0 Å². The maximum atomic E-state index is 5.22. The molecule has 0 unspecified atom stereocenters. The standard InChI is InChI=1S/C8H14N2O2S/c1-7-9-10-8(12-7)6-13-5-3-4-11-2/h3-6H2,1-2H3. The van der Waals surface area contributed by atoms with Crippen LogP contribution in [0.5, 0.6) is 0 Å². The summed E-state index contributed by atoms with van der Waals surface area (Å²) < 4.78 is 10.1. The van der Waals surface area contributed by atoms with Crippen molar-refractivity contribution >= 4 is 11.8 Å². The second-order valence-electron chi connectivity index (χ2n) is 2.61. The van der Waals surface area contributed by atoms with Crippen LogP contribution in [0.25, 0.3) is 0 Å². The second kappa shape index (κ2) is 5.99. The van der Waals surface area contributed by atoms with Gasteiger partial charge < -0.3 is 9.15 Å². The van der Waals surface area contributed by atoms with Crippen molar-refractivity contribution in [2.75, 3.05) is 19.5 Å². The molecule has 0 bridgehead atoms. The van der Waals surface area contributed by atoms with E-state index < -0.39 is 0 Å². The molecule has 1 aromatic heterocycles. The number of nitrogens with zero attached hydrogens (tertiary/aromatic N) is 2. The predicted molar refractivity (Wildman–Crippen MR) is 51.7 cm³/mol. The first-order valence-electron chi connectivity index (χ1n) is 4.18. The molecule has 0 amide bonds. The van der Waals surface area contributed by atoms with Gasteiger partial charge in [-0.1, -0.05) is 0 Å². The average Bonchev–Trinajstić information content (AvgIpc) is 2.51. The van der Waals surface area contributed by atoms with Crippen molar-refractivity contribution in [1.82, 2.24) is 10.2 Å². The number of aryl methyl sites for hydroxylation is 1. The molecule has 0 fully saturated rings. The van der Waals surface area contributed by atoms with Crippen molar-refractivity contribution in [1.29, 1.82) is 0 Å². The Morgan fingerprint density at radius 3 is 2.92 bits per heavy atom. The third-order valence-electron chi connectivity index (χ3n) is 1.43. The second-order valence-corrected chi connectivity index (χ2v) is 3.72. The van der Waals surface area contributed by atoms with Gasteiger partial charge in [0, 0.05) is 20.6 Å². The van der Waals surface area contributed by atoms with Crippen LogP contribution in [-0.2, 0) is 10.5 Å². The summed E-state index contributed by atoms with van der Waals surface area (Å²) in [5, 5.41) is 7.64. The lowest BCUT2D eigenvalue weighted by Crippen LogP contribution is -1.91. The van der Waals surface area contributed by atoms with Crippen LogP contribution in [-0.4, -0.2) is 29.7 Å². The summed E-state index contributed by atoms with van der Waals surface area (Å²) in [7, 11) is 1.71. The summed E-state index contributed by atoms with van der Waals surface area (Å²) in [4.78, 5) is 0. The molecule has 0 aliphatic carbocycles. The Labute approximate surface area is 82.1 Å². The number of hydrogen-bond donors (Lipinski definition) is 0. The van der Waals surface area contributed by atoms with E-state index in [4.69, 9.17) is 9.15 Å². The molecule has 1 heterocycles. The zero-order chi connectivity index (χ0) is 9.52. The molecule has 74 valence electrons. The summed E-state index contributed by atoms with van der Waals surface area (Å²) in [5.74, 6) is 3.20. The maximum Gasteiger partial charge on any atom is 0.226 e. The lowest BCUT2D eigenvalue weighted by Gasteiger charge is -1.97. The normalized spacial score (nSPS) is 10.6. The molecule has 1 aromatic rings. The number of rotatable bonds is 6. The molecule has 0 aliphatic rings. The van der Waals surface area contributed by atoms with Crippen molar-refractivity contribution in [3.8, 4) is 0 Å². The quantitative estimate of drug-likeness (QED) is 0.656. The summed E-state index contributed by atoms with van der Waals surface area (Å²) in [6, 6.07) is 0. The van der Waals surface area contributed by atoms with E-state index in [2.05, 4.69) is 10.2 Å². The Bertz CT molecular complexity index is 240. The summed E-state index contributed by atoms with van der Waals surface area (Å²) >= 11 is 1.78. The van der Waals surface area contributed by atoms with Gasteiger partial charge in [0.15, 0.2) is 0 Å². The first kappa shape index (κ1) is 10.5. The number of methoxy groups -OCH3 is 1. The molecule has 0 saturated heterocycles. The van der Waals surface area contributed by atoms with Crippen LogP contribution >= 0.6 is 11.8 Å². The fraction of sp³-hybridized carbons (Fsp3) is 0.750. The minimum absolute atomic E-state index is 0.632. The van der Waals surface area contributed by atoms with E-state index in [1.807, 2.05) is 0 Å². The van der Waals surface area contributed by atoms with Crippen LogP contribution in [0, 0.1) is 6.92 Å². The third-order valence-corrected chi connectivity index (χ3v) is 2.46. The molecule has 0 spiro atoms. The Morgan fingerprint density at radius 1 is 1.46 bits per heavy atom. The van der Waals surface area contributed by atoms with Crippen molar-refractivity contribution < 1.29 is 9.15 Å². The smallest absolute Gasteiger partial charge is 0.226 e. The minimum Gasteiger partial charge on any atom is -0.425 e. The highest BCUT2D eigenvalue weighted by Gasteiger charge is 2.00. The van der Waals surface area contributed by atoms with Gasteiger partial charge in [-0.15, -0.1) is 10.2 Å². The zero-order valence-corrected chi connectivity index (χ0v) is 8.76. The van der Waals surface area contributed by atoms with E-state index in [9.17, 15) is 0 Å². The predicted octanol–water partition coefficient (Wildman–Crippen LogP) is 1.65. The fourth-order valence-electron chi connectivity index (χ4n) is 0.861. The topological polar surface area (TPSA) is 48.2 Å². The van der Waals surface area contributed by atoms with Crippen LogP contribution in [0.2, 0.25) is 0 Å². The van der Waals surface area contributed by atoms with Crippen molar-refractivity contribution in [2.45, 2.75) is 19.1 Å². The monoisotopic (exact) mass is 202 g/mol. The van der Waals surface area contributed by atoms with Crippen LogP contribution in [0.1, 0.15) is 18.2 Å². The SMILES string of the molecule is COCCCSCc1nnc(C)o1. The molecule has 0 aliphatic heterocycles. The van der Waals surface area contributed by atoms with Gasteiger partial charge >= 0.3 is 0 Å². The van der Waals surface area contributed by atoms with Crippen LogP contribution < -0.4 is 0 Å². The van der Waals surface area contributed by atoms with Crippen molar-refractivity contribution in [3.63, 3.8) is 0 Å². The van der Waals surface area contributed by atoms with Gasteiger partial charge in [-0.3, -0.25) is 0 Å².